The molecule has 98 valence electrons. The smallest absolute Gasteiger partial charge is 0.145 e. The number of aliphatic imine (C=N–C) groups is 1. The van der Waals surface area contributed by atoms with E-state index in [1.165, 1.54) is 12.4 Å². The Labute approximate surface area is 116 Å². The molecule has 0 spiro atoms. The Morgan fingerprint density at radius 2 is 2.21 bits per heavy atom. The van der Waals surface area contributed by atoms with Crippen LogP contribution in [0.5, 0.6) is 5.75 Å². The fourth-order valence-corrected chi connectivity index (χ4v) is 1.80. The number of aliphatic hydroxyl groups is 1. The maximum atomic E-state index is 9.95. The van der Waals surface area contributed by atoms with Gasteiger partial charge in [0.15, 0.2) is 0 Å². The molecule has 2 aromatic rings. The fraction of sp³-hybridized carbons (Fsp3) is 0.143. The van der Waals surface area contributed by atoms with Crippen LogP contribution >= 0.6 is 11.6 Å². The van der Waals surface area contributed by atoms with Crippen LogP contribution in [0.15, 0.2) is 35.5 Å². The van der Waals surface area contributed by atoms with Crippen LogP contribution in [0, 0.1) is 6.92 Å². The number of rotatable bonds is 3. The number of hydrogen-bond acceptors (Lipinski definition) is 4. The number of halogens is 1. The van der Waals surface area contributed by atoms with Crippen LogP contribution in [0.2, 0.25) is 5.02 Å². The first kappa shape index (κ1) is 13.5. The number of aromatic hydroxyl groups is 1. The molecule has 19 heavy (non-hydrogen) atoms. The normalized spacial score (nSPS) is 11.1. The van der Waals surface area contributed by atoms with Crippen LogP contribution in [0.4, 0.5) is 5.69 Å². The molecule has 0 bridgehead atoms. The number of nitrogens with zero attached hydrogens (tertiary/aromatic N) is 2. The van der Waals surface area contributed by atoms with Gasteiger partial charge in [-0.25, -0.2) is 0 Å². The van der Waals surface area contributed by atoms with Gasteiger partial charge < -0.3 is 10.2 Å². The third kappa shape index (κ3) is 3.10. The minimum Gasteiger partial charge on any atom is -0.505 e. The Morgan fingerprint density at radius 1 is 1.42 bits per heavy atom. The molecule has 1 aromatic heterocycles. The Morgan fingerprint density at radius 3 is 2.89 bits per heavy atom. The summed E-state index contributed by atoms with van der Waals surface area (Å²) in [5.74, 6) is 0.0253. The van der Waals surface area contributed by atoms with Gasteiger partial charge in [-0.3, -0.25) is 9.98 Å². The predicted molar refractivity (Wildman–Crippen MR) is 75.3 cm³/mol. The lowest BCUT2D eigenvalue weighted by molar-refractivity contribution is 0.280. The highest BCUT2D eigenvalue weighted by atomic mass is 35.5. The first-order valence-corrected chi connectivity index (χ1v) is 6.07. The van der Waals surface area contributed by atoms with Crippen LogP contribution in [0.1, 0.15) is 16.8 Å². The zero-order valence-corrected chi connectivity index (χ0v) is 11.1. The average molecular weight is 277 g/mol. The van der Waals surface area contributed by atoms with Gasteiger partial charge in [-0.15, -0.1) is 0 Å². The number of aliphatic hydroxyl groups excluding tert-OH is 1. The molecule has 0 amide bonds. The van der Waals surface area contributed by atoms with Crippen molar-refractivity contribution in [1.82, 2.24) is 4.98 Å². The van der Waals surface area contributed by atoms with E-state index in [4.69, 9.17) is 11.6 Å². The van der Waals surface area contributed by atoms with E-state index in [0.29, 0.717) is 27.5 Å². The van der Waals surface area contributed by atoms with E-state index in [-0.39, 0.29) is 12.4 Å². The summed E-state index contributed by atoms with van der Waals surface area (Å²) in [6.45, 7) is 1.48. The highest BCUT2D eigenvalue weighted by Crippen LogP contribution is 2.23. The molecule has 5 heteroatoms. The summed E-state index contributed by atoms with van der Waals surface area (Å²) in [6.07, 6.45) is 3.02. The highest BCUT2D eigenvalue weighted by molar-refractivity contribution is 6.30. The van der Waals surface area contributed by atoms with Crippen LogP contribution in [0.25, 0.3) is 0 Å². The van der Waals surface area contributed by atoms with Crippen LogP contribution in [-0.4, -0.2) is 21.4 Å². The average Bonchev–Trinajstić information content (AvgIpc) is 2.40. The molecule has 0 aliphatic heterocycles. The third-order valence-electron chi connectivity index (χ3n) is 2.68. The highest BCUT2D eigenvalue weighted by Gasteiger charge is 2.09. The van der Waals surface area contributed by atoms with Crippen molar-refractivity contribution in [2.45, 2.75) is 13.5 Å². The molecular weight excluding hydrogens is 264 g/mol. The van der Waals surface area contributed by atoms with Crippen molar-refractivity contribution in [3.8, 4) is 5.75 Å². The van der Waals surface area contributed by atoms with Gasteiger partial charge in [0.1, 0.15) is 5.75 Å². The molecule has 0 saturated heterocycles. The minimum absolute atomic E-state index is 0.0253. The van der Waals surface area contributed by atoms with Crippen LogP contribution in [0.3, 0.4) is 0 Å². The molecular formula is C14H13ClN2O2. The van der Waals surface area contributed by atoms with Gasteiger partial charge in [0.2, 0.25) is 0 Å². The largest absolute Gasteiger partial charge is 0.505 e. The molecule has 0 unspecified atom stereocenters. The van der Waals surface area contributed by atoms with E-state index in [2.05, 4.69) is 9.98 Å². The topological polar surface area (TPSA) is 65.7 Å². The summed E-state index contributed by atoms with van der Waals surface area (Å²) in [6, 6.07) is 7.06. The lowest BCUT2D eigenvalue weighted by Crippen LogP contribution is -1.97. The number of aryl methyl sites for hydroxylation is 1. The summed E-state index contributed by atoms with van der Waals surface area (Å²) < 4.78 is 0. The van der Waals surface area contributed by atoms with E-state index in [1.54, 1.807) is 31.2 Å². The third-order valence-corrected chi connectivity index (χ3v) is 2.91. The SMILES string of the molecule is Cc1ncc(CO)c(C=Nc2cccc(Cl)c2)c1O. The second-order valence-corrected chi connectivity index (χ2v) is 4.46. The Balaban J connectivity index is 2.40. The first-order chi connectivity index (χ1) is 9.11. The molecule has 0 aliphatic rings. The summed E-state index contributed by atoms with van der Waals surface area (Å²) >= 11 is 5.87. The van der Waals surface area contributed by atoms with Gasteiger partial charge in [0.25, 0.3) is 0 Å². The fourth-order valence-electron chi connectivity index (χ4n) is 1.62. The van der Waals surface area contributed by atoms with Gasteiger partial charge in [-0.05, 0) is 25.1 Å². The summed E-state index contributed by atoms with van der Waals surface area (Å²) in [7, 11) is 0. The van der Waals surface area contributed by atoms with E-state index >= 15 is 0 Å². The van der Waals surface area contributed by atoms with Gasteiger partial charge in [-0.2, -0.15) is 0 Å². The standard InChI is InChI=1S/C14H13ClN2O2/c1-9-14(19)13(10(8-18)6-16-9)7-17-12-4-2-3-11(15)5-12/h2-7,18-19H,8H2,1H3. The van der Waals surface area contributed by atoms with E-state index < -0.39 is 0 Å². The van der Waals surface area contributed by atoms with Crippen molar-refractivity contribution in [3.63, 3.8) is 0 Å². The van der Waals surface area contributed by atoms with Crippen molar-refractivity contribution in [1.29, 1.82) is 0 Å². The molecule has 0 saturated carbocycles. The number of aromatic nitrogens is 1. The Bertz CT molecular complexity index is 627. The molecule has 2 rings (SSSR count). The summed E-state index contributed by atoms with van der Waals surface area (Å²) in [5.41, 5.74) is 2.15. The second-order valence-electron chi connectivity index (χ2n) is 4.03. The molecule has 1 heterocycles. The van der Waals surface area contributed by atoms with Crippen molar-refractivity contribution >= 4 is 23.5 Å². The zero-order chi connectivity index (χ0) is 13.8. The number of pyridine rings is 1. The van der Waals surface area contributed by atoms with Crippen molar-refractivity contribution in [2.24, 2.45) is 4.99 Å². The molecule has 0 fully saturated rings. The monoisotopic (exact) mass is 276 g/mol. The van der Waals surface area contributed by atoms with Crippen molar-refractivity contribution in [2.75, 3.05) is 0 Å². The maximum Gasteiger partial charge on any atom is 0.145 e. The van der Waals surface area contributed by atoms with Crippen LogP contribution < -0.4 is 0 Å². The Hall–Kier alpha value is -1.91. The van der Waals surface area contributed by atoms with Gasteiger partial charge in [-0.1, -0.05) is 17.7 Å². The van der Waals surface area contributed by atoms with Crippen molar-refractivity contribution < 1.29 is 10.2 Å². The predicted octanol–water partition coefficient (Wildman–Crippen LogP) is 2.99. The molecule has 0 aliphatic carbocycles. The quantitative estimate of drug-likeness (QED) is 0.847. The van der Waals surface area contributed by atoms with Crippen LogP contribution in [-0.2, 0) is 6.61 Å². The number of benzene rings is 1. The first-order valence-electron chi connectivity index (χ1n) is 5.69. The molecule has 0 atom stereocenters. The summed E-state index contributed by atoms with van der Waals surface area (Å²) in [4.78, 5) is 8.23. The minimum atomic E-state index is -0.211. The molecule has 1 aromatic carbocycles. The molecule has 2 N–H and O–H groups in total. The maximum absolute atomic E-state index is 9.95. The Kier molecular flexibility index (Phi) is 4.14. The zero-order valence-electron chi connectivity index (χ0n) is 10.3. The lowest BCUT2D eigenvalue weighted by Gasteiger charge is -2.06. The van der Waals surface area contributed by atoms with E-state index in [9.17, 15) is 10.2 Å². The molecule has 0 radical (unpaired) electrons. The van der Waals surface area contributed by atoms with Crippen molar-refractivity contribution in [3.05, 3.63) is 52.3 Å². The number of hydrogen-bond donors (Lipinski definition) is 2. The molecule has 4 nitrogen and oxygen atoms in total. The lowest BCUT2D eigenvalue weighted by atomic mass is 10.1. The van der Waals surface area contributed by atoms with Gasteiger partial charge in [0, 0.05) is 28.6 Å². The second kappa shape index (κ2) is 5.82. The van der Waals surface area contributed by atoms with Gasteiger partial charge >= 0.3 is 0 Å². The summed E-state index contributed by atoms with van der Waals surface area (Å²) in [5, 5.41) is 19.8. The van der Waals surface area contributed by atoms with E-state index in [1.807, 2.05) is 0 Å². The van der Waals surface area contributed by atoms with Gasteiger partial charge in [0.05, 0.1) is 18.0 Å². The van der Waals surface area contributed by atoms with E-state index in [0.717, 1.165) is 0 Å².